The van der Waals surface area contributed by atoms with Gasteiger partial charge in [0.25, 0.3) is 0 Å². The van der Waals surface area contributed by atoms with Crippen LogP contribution in [-0.4, -0.2) is 17.6 Å². The molecule has 4 nitrogen and oxygen atoms in total. The number of aromatic nitrogens is 1. The SMILES string of the molecule is COC(=O)C(C#N)=Cn1c(C)cc2ccccc21. The second-order valence-electron chi connectivity index (χ2n) is 3.86. The van der Waals surface area contributed by atoms with Gasteiger partial charge in [-0.15, -0.1) is 0 Å². The number of fused-ring (bicyclic) bond motifs is 1. The molecule has 0 N–H and O–H groups in total. The summed E-state index contributed by atoms with van der Waals surface area (Å²) >= 11 is 0. The molecule has 0 aliphatic heterocycles. The van der Waals surface area contributed by atoms with Gasteiger partial charge in [-0.25, -0.2) is 4.79 Å². The van der Waals surface area contributed by atoms with E-state index in [2.05, 4.69) is 4.74 Å². The van der Waals surface area contributed by atoms with Crippen LogP contribution in [0, 0.1) is 18.3 Å². The highest BCUT2D eigenvalue weighted by Crippen LogP contribution is 2.20. The van der Waals surface area contributed by atoms with Crippen molar-refractivity contribution in [2.45, 2.75) is 6.92 Å². The Balaban J connectivity index is 2.61. The number of para-hydroxylation sites is 1. The summed E-state index contributed by atoms with van der Waals surface area (Å²) < 4.78 is 6.37. The lowest BCUT2D eigenvalue weighted by Gasteiger charge is -2.02. The molecule has 0 saturated carbocycles. The first-order valence-electron chi connectivity index (χ1n) is 5.44. The molecule has 0 unspecified atom stereocenters. The Hall–Kier alpha value is -2.54. The Bertz CT molecular complexity index is 675. The minimum absolute atomic E-state index is 0.0260. The summed E-state index contributed by atoms with van der Waals surface area (Å²) in [5.74, 6) is -0.630. The standard InChI is InChI=1S/C14H12N2O2/c1-10-7-11-5-3-4-6-13(11)16(10)9-12(8-15)14(17)18-2/h3-7,9H,1-2H3. The number of aryl methyl sites for hydroxylation is 1. The van der Waals surface area contributed by atoms with E-state index in [4.69, 9.17) is 5.26 Å². The lowest BCUT2D eigenvalue weighted by molar-refractivity contribution is -0.135. The van der Waals surface area contributed by atoms with Crippen LogP contribution in [0.3, 0.4) is 0 Å². The minimum atomic E-state index is -0.630. The zero-order valence-electron chi connectivity index (χ0n) is 10.2. The molecule has 18 heavy (non-hydrogen) atoms. The van der Waals surface area contributed by atoms with Crippen molar-refractivity contribution in [3.8, 4) is 6.07 Å². The van der Waals surface area contributed by atoms with Gasteiger partial charge in [0, 0.05) is 17.3 Å². The molecule has 1 aromatic carbocycles. The Kier molecular flexibility index (Phi) is 3.16. The van der Waals surface area contributed by atoms with Crippen LogP contribution in [0.4, 0.5) is 0 Å². The Morgan fingerprint density at radius 1 is 1.44 bits per heavy atom. The van der Waals surface area contributed by atoms with Gasteiger partial charge in [0.1, 0.15) is 6.07 Å². The maximum Gasteiger partial charge on any atom is 0.350 e. The van der Waals surface area contributed by atoms with Crippen LogP contribution in [0.15, 0.2) is 35.9 Å². The first-order chi connectivity index (χ1) is 8.67. The van der Waals surface area contributed by atoms with E-state index >= 15 is 0 Å². The lowest BCUT2D eigenvalue weighted by atomic mass is 10.2. The van der Waals surface area contributed by atoms with Crippen LogP contribution in [0.25, 0.3) is 17.1 Å². The van der Waals surface area contributed by atoms with Crippen molar-refractivity contribution in [1.29, 1.82) is 5.26 Å². The van der Waals surface area contributed by atoms with Crippen LogP contribution in [-0.2, 0) is 9.53 Å². The van der Waals surface area contributed by atoms with Gasteiger partial charge in [-0.2, -0.15) is 5.26 Å². The highest BCUT2D eigenvalue weighted by Gasteiger charge is 2.10. The maximum absolute atomic E-state index is 11.4. The Morgan fingerprint density at radius 2 is 2.17 bits per heavy atom. The maximum atomic E-state index is 11.4. The van der Waals surface area contributed by atoms with Gasteiger partial charge in [0.2, 0.25) is 0 Å². The van der Waals surface area contributed by atoms with Crippen molar-refractivity contribution in [3.63, 3.8) is 0 Å². The molecule has 0 aliphatic rings. The number of nitriles is 1. The summed E-state index contributed by atoms with van der Waals surface area (Å²) in [5.41, 5.74) is 1.88. The number of carbonyl (C=O) groups is 1. The third-order valence-electron chi connectivity index (χ3n) is 2.72. The molecule has 0 saturated heterocycles. The fourth-order valence-electron chi connectivity index (χ4n) is 1.85. The van der Waals surface area contributed by atoms with Crippen LogP contribution in [0.1, 0.15) is 5.69 Å². The molecule has 0 fully saturated rings. The van der Waals surface area contributed by atoms with Gasteiger partial charge in [0.15, 0.2) is 5.57 Å². The quantitative estimate of drug-likeness (QED) is 0.460. The minimum Gasteiger partial charge on any atom is -0.465 e. The third-order valence-corrected chi connectivity index (χ3v) is 2.72. The van der Waals surface area contributed by atoms with Crippen LogP contribution >= 0.6 is 0 Å². The molecule has 0 radical (unpaired) electrons. The van der Waals surface area contributed by atoms with Crippen molar-refractivity contribution in [3.05, 3.63) is 41.6 Å². The Labute approximate surface area is 105 Å². The molecule has 0 amide bonds. The van der Waals surface area contributed by atoms with E-state index < -0.39 is 5.97 Å². The van der Waals surface area contributed by atoms with E-state index in [1.165, 1.54) is 13.3 Å². The highest BCUT2D eigenvalue weighted by atomic mass is 16.5. The predicted molar refractivity (Wildman–Crippen MR) is 68.6 cm³/mol. The van der Waals surface area contributed by atoms with E-state index in [0.29, 0.717) is 0 Å². The summed E-state index contributed by atoms with van der Waals surface area (Å²) in [7, 11) is 1.26. The number of methoxy groups -OCH3 is 1. The predicted octanol–water partition coefficient (Wildman–Crippen LogP) is 2.49. The molecule has 1 aromatic heterocycles. The largest absolute Gasteiger partial charge is 0.465 e. The summed E-state index contributed by atoms with van der Waals surface area (Å²) in [6.45, 7) is 1.92. The monoisotopic (exact) mass is 240 g/mol. The average Bonchev–Trinajstić information content (AvgIpc) is 2.71. The van der Waals surface area contributed by atoms with Crippen molar-refractivity contribution >= 4 is 23.1 Å². The van der Waals surface area contributed by atoms with E-state index in [9.17, 15) is 4.79 Å². The van der Waals surface area contributed by atoms with Gasteiger partial charge < -0.3 is 9.30 Å². The second kappa shape index (κ2) is 4.76. The highest BCUT2D eigenvalue weighted by molar-refractivity contribution is 5.97. The zero-order chi connectivity index (χ0) is 13.1. The molecule has 4 heteroatoms. The first-order valence-corrected chi connectivity index (χ1v) is 5.44. The van der Waals surface area contributed by atoms with Gasteiger partial charge >= 0.3 is 5.97 Å². The van der Waals surface area contributed by atoms with Crippen LogP contribution < -0.4 is 0 Å². The van der Waals surface area contributed by atoms with Gasteiger partial charge in [-0.1, -0.05) is 18.2 Å². The normalized spacial score (nSPS) is 11.3. The van der Waals surface area contributed by atoms with E-state index in [1.807, 2.05) is 47.9 Å². The van der Waals surface area contributed by atoms with Crippen molar-refractivity contribution in [1.82, 2.24) is 4.57 Å². The average molecular weight is 240 g/mol. The number of ether oxygens (including phenoxy) is 1. The molecular formula is C14H12N2O2. The molecule has 0 bridgehead atoms. The topological polar surface area (TPSA) is 55.0 Å². The number of esters is 1. The number of hydrogen-bond acceptors (Lipinski definition) is 3. The smallest absolute Gasteiger partial charge is 0.350 e. The fraction of sp³-hybridized carbons (Fsp3) is 0.143. The second-order valence-corrected chi connectivity index (χ2v) is 3.86. The summed E-state index contributed by atoms with van der Waals surface area (Å²) in [6.07, 6.45) is 1.50. The summed E-state index contributed by atoms with van der Waals surface area (Å²) in [4.78, 5) is 11.4. The molecule has 0 atom stereocenters. The molecule has 1 heterocycles. The number of hydrogen-bond donors (Lipinski definition) is 0. The Morgan fingerprint density at radius 3 is 2.83 bits per heavy atom. The van der Waals surface area contributed by atoms with Gasteiger partial charge in [0.05, 0.1) is 12.6 Å². The number of carbonyl (C=O) groups excluding carboxylic acids is 1. The van der Waals surface area contributed by atoms with E-state index in [0.717, 1.165) is 16.6 Å². The van der Waals surface area contributed by atoms with Crippen molar-refractivity contribution in [2.75, 3.05) is 7.11 Å². The van der Waals surface area contributed by atoms with Gasteiger partial charge in [-0.3, -0.25) is 0 Å². The van der Waals surface area contributed by atoms with Crippen LogP contribution in [0.2, 0.25) is 0 Å². The number of nitrogens with zero attached hydrogens (tertiary/aromatic N) is 2. The molecular weight excluding hydrogens is 228 g/mol. The van der Waals surface area contributed by atoms with E-state index in [-0.39, 0.29) is 5.57 Å². The summed E-state index contributed by atoms with van der Waals surface area (Å²) in [5, 5.41) is 10.0. The lowest BCUT2D eigenvalue weighted by Crippen LogP contribution is -2.04. The molecule has 90 valence electrons. The number of rotatable bonds is 2. The molecule has 2 aromatic rings. The summed E-state index contributed by atoms with van der Waals surface area (Å²) in [6, 6.07) is 11.6. The first kappa shape index (κ1) is 11.9. The van der Waals surface area contributed by atoms with Crippen LogP contribution in [0.5, 0.6) is 0 Å². The molecule has 0 aliphatic carbocycles. The zero-order valence-corrected chi connectivity index (χ0v) is 10.2. The van der Waals surface area contributed by atoms with Crippen molar-refractivity contribution in [2.24, 2.45) is 0 Å². The molecule has 0 spiro atoms. The van der Waals surface area contributed by atoms with Gasteiger partial charge in [-0.05, 0) is 19.1 Å². The number of benzene rings is 1. The third kappa shape index (κ3) is 1.98. The fourth-order valence-corrected chi connectivity index (χ4v) is 1.85. The molecule has 2 rings (SSSR count). The van der Waals surface area contributed by atoms with Crippen molar-refractivity contribution < 1.29 is 9.53 Å². The van der Waals surface area contributed by atoms with E-state index in [1.54, 1.807) is 0 Å².